The van der Waals surface area contributed by atoms with E-state index in [1.807, 2.05) is 18.6 Å². The van der Waals surface area contributed by atoms with Gasteiger partial charge in [0.1, 0.15) is 0 Å². The Morgan fingerprint density at radius 2 is 2.00 bits per heavy atom. The third-order valence-corrected chi connectivity index (χ3v) is 1.66. The van der Waals surface area contributed by atoms with E-state index in [0.29, 0.717) is 0 Å². The molecule has 1 heteroatoms. The third-order valence-electron chi connectivity index (χ3n) is 0.808. The van der Waals surface area contributed by atoms with Gasteiger partial charge in [0.05, 0.1) is 0 Å². The molecule has 0 N–H and O–H groups in total. The van der Waals surface area contributed by atoms with Gasteiger partial charge in [0.15, 0.2) is 0 Å². The van der Waals surface area contributed by atoms with Crippen molar-refractivity contribution in [2.24, 2.45) is 0 Å². The van der Waals surface area contributed by atoms with Crippen LogP contribution in [0.15, 0.2) is 0 Å². The topological polar surface area (TPSA) is 0 Å². The fourth-order valence-corrected chi connectivity index (χ4v) is 1.000. The van der Waals surface area contributed by atoms with Gasteiger partial charge in [-0.1, -0.05) is 0 Å². The van der Waals surface area contributed by atoms with Crippen LogP contribution in [0, 0.1) is 0 Å². The van der Waals surface area contributed by atoms with Gasteiger partial charge in [-0.15, -0.1) is 0 Å². The summed E-state index contributed by atoms with van der Waals surface area (Å²) in [5.74, 6) is 0. The normalized spacial score (nSPS) is 8.83. The molecule has 2 radical (unpaired) electrons. The van der Waals surface area contributed by atoms with Gasteiger partial charge >= 0.3 is 49.8 Å². The molecule has 0 aromatic rings. The number of hydrogen-bond donors (Lipinski definition) is 0. The van der Waals surface area contributed by atoms with Crippen LogP contribution in [0.4, 0.5) is 0 Å². The Morgan fingerprint density at radius 3 is 2.17 bits per heavy atom. The number of rotatable bonds is 3. The zero-order valence-electron chi connectivity index (χ0n) is 4.41. The first-order valence-electron chi connectivity index (χ1n) is 2.62. The van der Waals surface area contributed by atoms with Crippen molar-refractivity contribution < 1.29 is 0 Å². The Bertz CT molecular complexity index is 15.9. The summed E-state index contributed by atoms with van der Waals surface area (Å²) in [5, 5.41) is 0. The Hall–Kier alpha value is 0.636. The van der Waals surface area contributed by atoms with Crippen molar-refractivity contribution in [2.45, 2.75) is 31.2 Å². The van der Waals surface area contributed by atoms with E-state index in [1.54, 1.807) is 0 Å². The summed E-state index contributed by atoms with van der Waals surface area (Å²) in [7, 11) is 0. The summed E-state index contributed by atoms with van der Waals surface area (Å²) >= 11 is 1.86. The maximum atomic E-state index is 2.24. The van der Waals surface area contributed by atoms with Gasteiger partial charge in [-0.25, -0.2) is 0 Å². The van der Waals surface area contributed by atoms with E-state index in [-0.39, 0.29) is 0 Å². The van der Waals surface area contributed by atoms with Crippen molar-refractivity contribution in [3.63, 3.8) is 0 Å². The van der Waals surface area contributed by atoms with Crippen molar-refractivity contribution >= 4 is 18.6 Å². The molecule has 0 fully saturated rings. The van der Waals surface area contributed by atoms with Gasteiger partial charge < -0.3 is 0 Å². The summed E-state index contributed by atoms with van der Waals surface area (Å²) in [6.07, 6.45) is 4.23. The van der Waals surface area contributed by atoms with Gasteiger partial charge in [-0.3, -0.25) is 0 Å². The van der Waals surface area contributed by atoms with Crippen LogP contribution in [0.1, 0.15) is 26.2 Å². The third kappa shape index (κ3) is 4.64. The van der Waals surface area contributed by atoms with Crippen LogP contribution in [0.5, 0.6) is 0 Å². The van der Waals surface area contributed by atoms with E-state index in [2.05, 4.69) is 6.92 Å². The Balaban J connectivity index is 2.34. The van der Waals surface area contributed by atoms with Crippen molar-refractivity contribution in [1.82, 2.24) is 0 Å². The van der Waals surface area contributed by atoms with Gasteiger partial charge in [0, 0.05) is 0 Å². The molecule has 0 aliphatic heterocycles. The van der Waals surface area contributed by atoms with Crippen molar-refractivity contribution in [2.75, 3.05) is 0 Å². The average Bonchev–Trinajstić information content (AvgIpc) is 1.61. The molecule has 0 saturated heterocycles. The number of hydrogen-bond acceptors (Lipinski definition) is 0. The molecular formula is C5H11Ga. The summed E-state index contributed by atoms with van der Waals surface area (Å²) < 4.78 is 0. The first-order valence-corrected chi connectivity index (χ1v) is 4.33. The molecule has 0 unspecified atom stereocenters. The second kappa shape index (κ2) is 5.64. The van der Waals surface area contributed by atoms with Crippen LogP contribution in [0.25, 0.3) is 0 Å². The molecule has 0 saturated carbocycles. The second-order valence-electron chi connectivity index (χ2n) is 1.50. The molecule has 0 atom stereocenters. The van der Waals surface area contributed by atoms with E-state index in [1.165, 1.54) is 24.2 Å². The van der Waals surface area contributed by atoms with Crippen LogP contribution in [-0.2, 0) is 0 Å². The predicted octanol–water partition coefficient (Wildman–Crippen LogP) is 1.76. The van der Waals surface area contributed by atoms with E-state index in [9.17, 15) is 0 Å². The van der Waals surface area contributed by atoms with Crippen molar-refractivity contribution in [3.8, 4) is 0 Å². The van der Waals surface area contributed by atoms with Crippen molar-refractivity contribution in [1.29, 1.82) is 0 Å². The average molecular weight is 141 g/mol. The zero-order valence-corrected chi connectivity index (χ0v) is 6.83. The Labute approximate surface area is 50.2 Å². The molecule has 0 aliphatic carbocycles. The standard InChI is InChI=1S/C5H11.Ga/c1-3-5-4-2;/h1,3-5H2,2H3;. The quantitative estimate of drug-likeness (QED) is 0.414. The minimum atomic E-state index is 1.36. The molecule has 0 amide bonds. The molecule has 0 rings (SSSR count). The SMILES string of the molecule is CCCC[CH2][Ga]. The van der Waals surface area contributed by atoms with Crippen molar-refractivity contribution in [3.05, 3.63) is 0 Å². The first-order chi connectivity index (χ1) is 2.91. The molecule has 0 aromatic heterocycles. The predicted molar refractivity (Wildman–Crippen MR) is 30.1 cm³/mol. The van der Waals surface area contributed by atoms with Crippen LogP contribution in [0.3, 0.4) is 0 Å². The molecule has 0 aliphatic rings. The van der Waals surface area contributed by atoms with E-state index in [0.717, 1.165) is 0 Å². The molecule has 0 spiro atoms. The van der Waals surface area contributed by atoms with Crippen LogP contribution in [-0.4, -0.2) is 18.6 Å². The second-order valence-corrected chi connectivity index (χ2v) is 2.71. The molecule has 0 aromatic carbocycles. The minimum absolute atomic E-state index is 1.36. The summed E-state index contributed by atoms with van der Waals surface area (Å²) in [6, 6.07) is 0. The molecule has 34 valence electrons. The number of unbranched alkanes of at least 4 members (excludes halogenated alkanes) is 2. The molecule has 0 heterocycles. The Kier molecular flexibility index (Phi) is 6.23. The summed E-state index contributed by atoms with van der Waals surface area (Å²) in [5.41, 5.74) is 0. The molecule has 0 bridgehead atoms. The fraction of sp³-hybridized carbons (Fsp3) is 1.00. The summed E-state index contributed by atoms with van der Waals surface area (Å²) in [6.45, 7) is 2.24. The van der Waals surface area contributed by atoms with E-state index >= 15 is 0 Å². The van der Waals surface area contributed by atoms with E-state index in [4.69, 9.17) is 0 Å². The van der Waals surface area contributed by atoms with Crippen LogP contribution < -0.4 is 0 Å². The Morgan fingerprint density at radius 1 is 1.33 bits per heavy atom. The van der Waals surface area contributed by atoms with Crippen LogP contribution in [0.2, 0.25) is 4.98 Å². The maximum absolute atomic E-state index is 2.24. The molecule has 6 heavy (non-hydrogen) atoms. The van der Waals surface area contributed by atoms with E-state index < -0.39 is 0 Å². The fourth-order valence-electron chi connectivity index (χ4n) is 0.394. The van der Waals surface area contributed by atoms with Gasteiger partial charge in [-0.2, -0.15) is 0 Å². The van der Waals surface area contributed by atoms with Gasteiger partial charge in [-0.05, 0) is 0 Å². The van der Waals surface area contributed by atoms with Crippen LogP contribution >= 0.6 is 0 Å². The zero-order chi connectivity index (χ0) is 4.83. The summed E-state index contributed by atoms with van der Waals surface area (Å²) in [4.78, 5) is 1.42. The first kappa shape index (κ1) is 6.64. The van der Waals surface area contributed by atoms with Gasteiger partial charge in [0.2, 0.25) is 0 Å². The molecule has 0 nitrogen and oxygen atoms in total. The molecular weight excluding hydrogens is 130 g/mol. The monoisotopic (exact) mass is 140 g/mol. The van der Waals surface area contributed by atoms with Gasteiger partial charge in [0.25, 0.3) is 0 Å².